The van der Waals surface area contributed by atoms with Crippen molar-refractivity contribution >= 4 is 0 Å². The average molecular weight is 219 g/mol. The highest BCUT2D eigenvalue weighted by Gasteiger charge is 2.43. The highest BCUT2D eigenvalue weighted by atomic mass is 16.7. The van der Waals surface area contributed by atoms with Gasteiger partial charge < -0.3 is 15.2 Å². The second kappa shape index (κ2) is 3.14. The van der Waals surface area contributed by atoms with Crippen molar-refractivity contribution in [1.29, 1.82) is 0 Å². The van der Waals surface area contributed by atoms with E-state index in [2.05, 4.69) is 19.9 Å². The van der Waals surface area contributed by atoms with Gasteiger partial charge in [0, 0.05) is 11.1 Å². The van der Waals surface area contributed by atoms with Crippen LogP contribution in [0.3, 0.4) is 0 Å². The van der Waals surface area contributed by atoms with Gasteiger partial charge in [0.1, 0.15) is 0 Å². The third-order valence-electron chi connectivity index (χ3n) is 3.48. The second-order valence-electron chi connectivity index (χ2n) is 5.07. The zero-order valence-corrected chi connectivity index (χ0v) is 9.75. The molecule has 1 aliphatic heterocycles. The summed E-state index contributed by atoms with van der Waals surface area (Å²) in [5.74, 6) is 2.17. The molecule has 0 saturated heterocycles. The van der Waals surface area contributed by atoms with Gasteiger partial charge in [-0.15, -0.1) is 0 Å². The molecule has 3 rings (SSSR count). The van der Waals surface area contributed by atoms with E-state index in [1.807, 2.05) is 6.07 Å². The Morgan fingerprint density at radius 1 is 1.25 bits per heavy atom. The molecule has 0 spiro atoms. The third-order valence-corrected chi connectivity index (χ3v) is 3.48. The van der Waals surface area contributed by atoms with E-state index in [4.69, 9.17) is 15.2 Å². The van der Waals surface area contributed by atoms with Crippen molar-refractivity contribution in [2.45, 2.75) is 38.1 Å². The van der Waals surface area contributed by atoms with E-state index in [9.17, 15) is 0 Å². The predicted octanol–water partition coefficient (Wildman–Crippen LogP) is 2.49. The lowest BCUT2D eigenvalue weighted by Crippen LogP contribution is -2.21. The first-order chi connectivity index (χ1) is 7.62. The molecule has 3 nitrogen and oxygen atoms in total. The van der Waals surface area contributed by atoms with Crippen molar-refractivity contribution in [2.75, 3.05) is 6.79 Å². The van der Waals surface area contributed by atoms with E-state index >= 15 is 0 Å². The van der Waals surface area contributed by atoms with Gasteiger partial charge in [0.15, 0.2) is 11.5 Å². The van der Waals surface area contributed by atoms with E-state index in [0.717, 1.165) is 24.3 Å². The van der Waals surface area contributed by atoms with Crippen LogP contribution in [0.4, 0.5) is 0 Å². The molecule has 1 aliphatic carbocycles. The van der Waals surface area contributed by atoms with Crippen LogP contribution in [0.5, 0.6) is 11.5 Å². The van der Waals surface area contributed by atoms with Crippen molar-refractivity contribution in [2.24, 2.45) is 5.73 Å². The van der Waals surface area contributed by atoms with Crippen LogP contribution >= 0.6 is 0 Å². The summed E-state index contributed by atoms with van der Waals surface area (Å²) in [6.45, 7) is 4.68. The average Bonchev–Trinajstić information content (AvgIpc) is 2.82. The summed E-state index contributed by atoms with van der Waals surface area (Å²) >= 11 is 0. The SMILES string of the molecule is CC(C)c1c(C2(N)CC2)ccc2c1OCO2. The molecule has 0 atom stereocenters. The zero-order valence-electron chi connectivity index (χ0n) is 9.75. The number of fused-ring (bicyclic) bond motifs is 1. The number of hydrogen-bond acceptors (Lipinski definition) is 3. The molecule has 1 fully saturated rings. The van der Waals surface area contributed by atoms with Gasteiger partial charge in [0.25, 0.3) is 0 Å². The summed E-state index contributed by atoms with van der Waals surface area (Å²) in [7, 11) is 0. The van der Waals surface area contributed by atoms with Crippen LogP contribution in [0.1, 0.15) is 43.7 Å². The fourth-order valence-electron chi connectivity index (χ4n) is 2.41. The minimum Gasteiger partial charge on any atom is -0.454 e. The maximum atomic E-state index is 6.30. The van der Waals surface area contributed by atoms with Crippen LogP contribution in [0.2, 0.25) is 0 Å². The Kier molecular flexibility index (Phi) is 1.96. The van der Waals surface area contributed by atoms with Gasteiger partial charge in [-0.25, -0.2) is 0 Å². The fraction of sp³-hybridized carbons (Fsp3) is 0.538. The second-order valence-corrected chi connectivity index (χ2v) is 5.07. The lowest BCUT2D eigenvalue weighted by Gasteiger charge is -2.19. The monoisotopic (exact) mass is 219 g/mol. The molecule has 0 aromatic heterocycles. The highest BCUT2D eigenvalue weighted by Crippen LogP contribution is 2.50. The summed E-state index contributed by atoms with van der Waals surface area (Å²) in [4.78, 5) is 0. The molecule has 1 heterocycles. The minimum atomic E-state index is -0.111. The van der Waals surface area contributed by atoms with E-state index in [1.54, 1.807) is 0 Å². The van der Waals surface area contributed by atoms with Crippen LogP contribution in [-0.4, -0.2) is 6.79 Å². The molecule has 0 radical (unpaired) electrons. The molecule has 1 aromatic carbocycles. The van der Waals surface area contributed by atoms with Crippen LogP contribution in [0, 0.1) is 0 Å². The normalized spacial score (nSPS) is 20.2. The molecule has 2 aliphatic rings. The van der Waals surface area contributed by atoms with Crippen LogP contribution in [-0.2, 0) is 5.54 Å². The Labute approximate surface area is 95.5 Å². The van der Waals surface area contributed by atoms with Gasteiger partial charge in [0.2, 0.25) is 6.79 Å². The van der Waals surface area contributed by atoms with E-state index in [-0.39, 0.29) is 5.54 Å². The molecule has 16 heavy (non-hydrogen) atoms. The van der Waals surface area contributed by atoms with Crippen LogP contribution in [0.25, 0.3) is 0 Å². The van der Waals surface area contributed by atoms with Gasteiger partial charge in [-0.1, -0.05) is 19.9 Å². The predicted molar refractivity (Wildman–Crippen MR) is 61.8 cm³/mol. The maximum absolute atomic E-state index is 6.30. The summed E-state index contributed by atoms with van der Waals surface area (Å²) in [5.41, 5.74) is 8.67. The standard InChI is InChI=1S/C13H17NO2/c1-8(2)11-9(13(14)5-6-13)3-4-10-12(11)16-7-15-10/h3-4,8H,5-7,14H2,1-2H3. The van der Waals surface area contributed by atoms with Crippen molar-refractivity contribution in [3.05, 3.63) is 23.3 Å². The van der Waals surface area contributed by atoms with Gasteiger partial charge in [-0.05, 0) is 30.4 Å². The number of nitrogens with two attached hydrogens (primary N) is 1. The minimum absolute atomic E-state index is 0.111. The van der Waals surface area contributed by atoms with Crippen LogP contribution in [0.15, 0.2) is 12.1 Å². The maximum Gasteiger partial charge on any atom is 0.231 e. The van der Waals surface area contributed by atoms with Gasteiger partial charge in [-0.3, -0.25) is 0 Å². The number of hydrogen-bond donors (Lipinski definition) is 1. The summed E-state index contributed by atoms with van der Waals surface area (Å²) < 4.78 is 11.0. The Hall–Kier alpha value is -1.22. The summed E-state index contributed by atoms with van der Waals surface area (Å²) in [6, 6.07) is 4.09. The van der Waals surface area contributed by atoms with Gasteiger partial charge in [0.05, 0.1) is 0 Å². The van der Waals surface area contributed by atoms with E-state index < -0.39 is 0 Å². The quantitative estimate of drug-likeness (QED) is 0.831. The molecular weight excluding hydrogens is 202 g/mol. The Morgan fingerprint density at radius 3 is 2.62 bits per heavy atom. The van der Waals surface area contributed by atoms with Gasteiger partial charge in [-0.2, -0.15) is 0 Å². The number of rotatable bonds is 2. The first kappa shape index (κ1) is 9.97. The zero-order chi connectivity index (χ0) is 11.3. The topological polar surface area (TPSA) is 44.5 Å². The third kappa shape index (κ3) is 1.31. The lowest BCUT2D eigenvalue weighted by atomic mass is 9.90. The molecule has 0 unspecified atom stereocenters. The molecular formula is C13H17NO2. The smallest absolute Gasteiger partial charge is 0.231 e. The van der Waals surface area contributed by atoms with Gasteiger partial charge >= 0.3 is 0 Å². The first-order valence-corrected chi connectivity index (χ1v) is 5.84. The Bertz CT molecular complexity index is 436. The fourth-order valence-corrected chi connectivity index (χ4v) is 2.41. The number of benzene rings is 1. The largest absolute Gasteiger partial charge is 0.454 e. The van der Waals surface area contributed by atoms with E-state index in [0.29, 0.717) is 12.7 Å². The van der Waals surface area contributed by atoms with E-state index in [1.165, 1.54) is 11.1 Å². The Morgan fingerprint density at radius 2 is 2.00 bits per heavy atom. The first-order valence-electron chi connectivity index (χ1n) is 5.84. The van der Waals surface area contributed by atoms with Crippen molar-refractivity contribution < 1.29 is 9.47 Å². The Balaban J connectivity index is 2.18. The number of ether oxygens (including phenoxy) is 2. The molecule has 0 amide bonds. The molecule has 86 valence electrons. The lowest BCUT2D eigenvalue weighted by molar-refractivity contribution is 0.173. The molecule has 3 heteroatoms. The van der Waals surface area contributed by atoms with Crippen molar-refractivity contribution in [3.8, 4) is 11.5 Å². The molecule has 0 bridgehead atoms. The molecule has 1 aromatic rings. The summed E-state index contributed by atoms with van der Waals surface area (Å²) in [5, 5.41) is 0. The van der Waals surface area contributed by atoms with Crippen LogP contribution < -0.4 is 15.2 Å². The molecule has 2 N–H and O–H groups in total. The molecule has 1 saturated carbocycles. The van der Waals surface area contributed by atoms with Crippen molar-refractivity contribution in [1.82, 2.24) is 0 Å². The van der Waals surface area contributed by atoms with Crippen molar-refractivity contribution in [3.63, 3.8) is 0 Å². The summed E-state index contributed by atoms with van der Waals surface area (Å²) in [6.07, 6.45) is 2.15. The highest BCUT2D eigenvalue weighted by molar-refractivity contribution is 5.56.